The first-order valence-corrected chi connectivity index (χ1v) is 8.55. The first-order chi connectivity index (χ1) is 9.65. The molecule has 20 heavy (non-hydrogen) atoms. The van der Waals surface area contributed by atoms with Crippen LogP contribution in [0.3, 0.4) is 0 Å². The monoisotopic (exact) mass is 312 g/mol. The minimum atomic E-state index is -2.17. The van der Waals surface area contributed by atoms with E-state index in [1.165, 1.54) is 41.9 Å². The quantitative estimate of drug-likeness (QED) is 0.565. The van der Waals surface area contributed by atoms with Gasteiger partial charge in [-0.15, -0.1) is 22.7 Å². The molecule has 2 aromatic rings. The van der Waals surface area contributed by atoms with Crippen LogP contribution in [0.4, 0.5) is 0 Å². The van der Waals surface area contributed by atoms with Crippen LogP contribution in [-0.2, 0) is 6.42 Å². The van der Waals surface area contributed by atoms with E-state index in [0.29, 0.717) is 0 Å². The minimum Gasteiger partial charge on any atom is -0.402 e. The fourth-order valence-electron chi connectivity index (χ4n) is 1.90. The molecular formula is C14H21BO3S2. The van der Waals surface area contributed by atoms with Gasteiger partial charge in [-0.2, -0.15) is 0 Å². The lowest BCUT2D eigenvalue weighted by Gasteiger charge is -2.01. The lowest BCUT2D eigenvalue weighted by atomic mass is 10.1. The van der Waals surface area contributed by atoms with Crippen molar-refractivity contribution in [1.82, 2.24) is 0 Å². The maximum atomic E-state index is 7.17. The molecule has 2 aromatic heterocycles. The minimum absolute atomic E-state index is 1.25. The molecule has 0 saturated heterocycles. The van der Waals surface area contributed by atoms with Gasteiger partial charge in [-0.1, -0.05) is 32.3 Å². The van der Waals surface area contributed by atoms with E-state index in [2.05, 4.69) is 35.9 Å². The molecule has 110 valence electrons. The highest BCUT2D eigenvalue weighted by molar-refractivity contribution is 7.20. The summed E-state index contributed by atoms with van der Waals surface area (Å²) in [7, 11) is -2.17. The Morgan fingerprint density at radius 1 is 1.00 bits per heavy atom. The van der Waals surface area contributed by atoms with Crippen LogP contribution in [-0.4, -0.2) is 22.4 Å². The normalized spacial score (nSPS) is 10.0. The first-order valence-electron chi connectivity index (χ1n) is 6.79. The van der Waals surface area contributed by atoms with E-state index in [-0.39, 0.29) is 0 Å². The van der Waals surface area contributed by atoms with Gasteiger partial charge in [-0.05, 0) is 41.3 Å². The van der Waals surface area contributed by atoms with E-state index < -0.39 is 7.32 Å². The predicted molar refractivity (Wildman–Crippen MR) is 87.9 cm³/mol. The predicted octanol–water partition coefficient (Wildman–Crippen LogP) is 3.55. The summed E-state index contributed by atoms with van der Waals surface area (Å²) in [5, 5.41) is 25.9. The third-order valence-corrected chi connectivity index (χ3v) is 4.80. The summed E-state index contributed by atoms with van der Waals surface area (Å²) in [5.41, 5.74) is 1.54. The summed E-state index contributed by atoms with van der Waals surface area (Å²) in [5.74, 6) is 0. The van der Waals surface area contributed by atoms with Crippen molar-refractivity contribution in [3.05, 3.63) is 34.5 Å². The molecule has 3 N–H and O–H groups in total. The molecule has 6 heteroatoms. The lowest BCUT2D eigenvalue weighted by molar-refractivity contribution is 0.278. The Morgan fingerprint density at radius 2 is 1.75 bits per heavy atom. The van der Waals surface area contributed by atoms with E-state index in [0.717, 1.165) is 0 Å². The van der Waals surface area contributed by atoms with Crippen molar-refractivity contribution in [3.8, 4) is 9.75 Å². The Labute approximate surface area is 128 Å². The summed E-state index contributed by atoms with van der Waals surface area (Å²) < 4.78 is 0. The molecule has 0 amide bonds. The van der Waals surface area contributed by atoms with Crippen molar-refractivity contribution in [3.63, 3.8) is 0 Å². The van der Waals surface area contributed by atoms with Crippen LogP contribution in [0.1, 0.15) is 38.2 Å². The standard InChI is InChI=1S/C14H18S2.BH3O3/c1-2-3-4-5-7-12-9-11-16-14(12)13-8-6-10-15-13;2-1(3)4/h6,8-11H,2-5,7H2,1H3;2-4H. The first kappa shape index (κ1) is 17.4. The van der Waals surface area contributed by atoms with Crippen molar-refractivity contribution < 1.29 is 15.1 Å². The van der Waals surface area contributed by atoms with E-state index in [9.17, 15) is 0 Å². The average molecular weight is 312 g/mol. The Bertz CT molecular complexity index is 452. The van der Waals surface area contributed by atoms with Crippen LogP contribution in [0, 0.1) is 0 Å². The van der Waals surface area contributed by atoms with E-state index in [4.69, 9.17) is 15.1 Å². The zero-order chi connectivity index (χ0) is 14.8. The van der Waals surface area contributed by atoms with Gasteiger partial charge < -0.3 is 15.1 Å². The number of aryl methyl sites for hydroxylation is 1. The number of thiophene rings is 2. The number of hydrogen-bond acceptors (Lipinski definition) is 5. The molecule has 0 aliphatic carbocycles. The van der Waals surface area contributed by atoms with Gasteiger partial charge in [0, 0.05) is 9.75 Å². The highest BCUT2D eigenvalue weighted by Crippen LogP contribution is 2.33. The second kappa shape index (κ2) is 10.1. The second-order valence-corrected chi connectivity index (χ2v) is 6.27. The summed E-state index contributed by atoms with van der Waals surface area (Å²) in [6.07, 6.45) is 6.65. The van der Waals surface area contributed by atoms with Gasteiger partial charge in [0.2, 0.25) is 0 Å². The number of rotatable bonds is 6. The van der Waals surface area contributed by atoms with Crippen molar-refractivity contribution in [2.45, 2.75) is 39.0 Å². The van der Waals surface area contributed by atoms with Crippen molar-refractivity contribution >= 4 is 30.0 Å². The molecule has 0 aromatic carbocycles. The molecule has 2 heterocycles. The van der Waals surface area contributed by atoms with Gasteiger partial charge in [-0.25, -0.2) is 0 Å². The zero-order valence-electron chi connectivity index (χ0n) is 11.7. The molecule has 2 rings (SSSR count). The van der Waals surface area contributed by atoms with Gasteiger partial charge in [0.05, 0.1) is 0 Å². The van der Waals surface area contributed by atoms with Gasteiger partial charge >= 0.3 is 7.32 Å². The van der Waals surface area contributed by atoms with Crippen molar-refractivity contribution in [1.29, 1.82) is 0 Å². The van der Waals surface area contributed by atoms with Crippen LogP contribution in [0.2, 0.25) is 0 Å². The Balaban J connectivity index is 0.000000444. The Morgan fingerprint density at radius 3 is 2.35 bits per heavy atom. The summed E-state index contributed by atoms with van der Waals surface area (Å²) in [6, 6.07) is 6.66. The molecule has 0 bridgehead atoms. The van der Waals surface area contributed by atoms with Crippen LogP contribution in [0.25, 0.3) is 9.75 Å². The molecule has 3 nitrogen and oxygen atoms in total. The molecule has 0 fully saturated rings. The Kier molecular flexibility index (Phi) is 8.81. The second-order valence-electron chi connectivity index (χ2n) is 4.41. The maximum absolute atomic E-state index is 7.17. The van der Waals surface area contributed by atoms with Gasteiger partial charge in [0.1, 0.15) is 0 Å². The molecule has 0 aliphatic heterocycles. The van der Waals surface area contributed by atoms with E-state index >= 15 is 0 Å². The van der Waals surface area contributed by atoms with E-state index in [1.807, 2.05) is 22.7 Å². The molecule has 0 saturated carbocycles. The SMILES string of the molecule is CCCCCCc1ccsc1-c1cccs1.OB(O)O. The smallest absolute Gasteiger partial charge is 0.402 e. The molecule has 0 unspecified atom stereocenters. The van der Waals surface area contributed by atoms with Gasteiger partial charge in [0.15, 0.2) is 0 Å². The number of unbranched alkanes of at least 4 members (excludes halogenated alkanes) is 3. The molecular weight excluding hydrogens is 291 g/mol. The highest BCUT2D eigenvalue weighted by atomic mass is 32.1. The fraction of sp³-hybridized carbons (Fsp3) is 0.429. The van der Waals surface area contributed by atoms with Crippen LogP contribution in [0.5, 0.6) is 0 Å². The van der Waals surface area contributed by atoms with Crippen LogP contribution in [0.15, 0.2) is 29.0 Å². The van der Waals surface area contributed by atoms with Gasteiger partial charge in [0.25, 0.3) is 0 Å². The fourth-order valence-corrected chi connectivity index (χ4v) is 3.76. The molecule has 0 aliphatic rings. The topological polar surface area (TPSA) is 60.7 Å². The summed E-state index contributed by atoms with van der Waals surface area (Å²) in [6.45, 7) is 2.27. The van der Waals surface area contributed by atoms with Crippen LogP contribution >= 0.6 is 22.7 Å². The summed E-state index contributed by atoms with van der Waals surface area (Å²) in [4.78, 5) is 2.92. The molecule has 0 radical (unpaired) electrons. The largest absolute Gasteiger partial charge is 0.631 e. The number of hydrogen-bond donors (Lipinski definition) is 3. The summed E-state index contributed by atoms with van der Waals surface area (Å²) >= 11 is 3.73. The third kappa shape index (κ3) is 6.68. The average Bonchev–Trinajstić information content (AvgIpc) is 3.04. The zero-order valence-corrected chi connectivity index (χ0v) is 13.3. The van der Waals surface area contributed by atoms with Gasteiger partial charge in [-0.3, -0.25) is 0 Å². The van der Waals surface area contributed by atoms with Crippen LogP contribution < -0.4 is 0 Å². The third-order valence-electron chi connectivity index (χ3n) is 2.79. The highest BCUT2D eigenvalue weighted by Gasteiger charge is 2.07. The maximum Gasteiger partial charge on any atom is 0.631 e. The Hall–Kier alpha value is -0.655. The molecule has 0 atom stereocenters. The van der Waals surface area contributed by atoms with E-state index in [1.54, 1.807) is 5.56 Å². The van der Waals surface area contributed by atoms with Crippen molar-refractivity contribution in [2.24, 2.45) is 0 Å². The molecule has 0 spiro atoms. The van der Waals surface area contributed by atoms with Crippen molar-refractivity contribution in [2.75, 3.05) is 0 Å². The lowest BCUT2D eigenvalue weighted by Crippen LogP contribution is -2.07.